The average molecular weight is 413 g/mol. The zero-order valence-corrected chi connectivity index (χ0v) is 16.9. The summed E-state index contributed by atoms with van der Waals surface area (Å²) in [7, 11) is 0. The Hall–Kier alpha value is -3.47. The number of pyridine rings is 1. The number of carbonyl (C=O) groups is 1. The van der Waals surface area contributed by atoms with Crippen molar-refractivity contribution >= 4 is 23.3 Å². The largest absolute Gasteiger partial charge is 0.326 e. The molecule has 0 saturated carbocycles. The van der Waals surface area contributed by atoms with E-state index in [9.17, 15) is 4.79 Å². The molecule has 0 aliphatic rings. The van der Waals surface area contributed by atoms with E-state index in [4.69, 9.17) is 17.3 Å². The van der Waals surface area contributed by atoms with Gasteiger partial charge < -0.3 is 11.1 Å². The van der Waals surface area contributed by atoms with Crippen molar-refractivity contribution in [3.05, 3.63) is 107 Å². The number of benzene rings is 3. The second-order valence-electron chi connectivity index (χ2n) is 6.75. The second kappa shape index (κ2) is 8.91. The normalized spacial score (nSPS) is 10.6. The molecule has 0 bridgehead atoms. The van der Waals surface area contributed by atoms with Crippen LogP contribution < -0.4 is 11.1 Å². The van der Waals surface area contributed by atoms with Gasteiger partial charge in [0.2, 0.25) is 0 Å². The highest BCUT2D eigenvalue weighted by Gasteiger charge is 2.10. The maximum absolute atomic E-state index is 12.6. The zero-order valence-electron chi connectivity index (χ0n) is 16.1. The van der Waals surface area contributed by atoms with E-state index in [2.05, 4.69) is 34.6 Å². The average Bonchev–Trinajstić information content (AvgIpc) is 2.80. The van der Waals surface area contributed by atoms with Crippen LogP contribution in [0.5, 0.6) is 0 Å². The topological polar surface area (TPSA) is 68.0 Å². The van der Waals surface area contributed by atoms with E-state index < -0.39 is 0 Å². The van der Waals surface area contributed by atoms with Gasteiger partial charge in [-0.05, 0) is 52.1 Å². The fraction of sp³-hybridized carbons (Fsp3) is 0.0400. The molecule has 0 aliphatic carbocycles. The second-order valence-corrected chi connectivity index (χ2v) is 7.18. The fourth-order valence-corrected chi connectivity index (χ4v) is 3.34. The fourth-order valence-electron chi connectivity index (χ4n) is 3.23. The number of rotatable bonds is 5. The number of hydrogen-bond acceptors (Lipinski definition) is 3. The van der Waals surface area contributed by atoms with Gasteiger partial charge in [-0.25, -0.2) is 4.98 Å². The first kappa shape index (κ1) is 19.8. The van der Waals surface area contributed by atoms with E-state index in [1.807, 2.05) is 42.5 Å². The lowest BCUT2D eigenvalue weighted by Gasteiger charge is -2.10. The maximum atomic E-state index is 12.6. The molecule has 0 fully saturated rings. The summed E-state index contributed by atoms with van der Waals surface area (Å²) in [5.74, 6) is 0.159. The molecule has 0 unspecified atom stereocenters. The molecule has 3 aromatic carbocycles. The van der Waals surface area contributed by atoms with Crippen LogP contribution in [0.25, 0.3) is 22.3 Å². The van der Waals surface area contributed by atoms with E-state index in [-0.39, 0.29) is 5.91 Å². The summed E-state index contributed by atoms with van der Waals surface area (Å²) >= 11 is 5.83. The quantitative estimate of drug-likeness (QED) is 0.449. The van der Waals surface area contributed by atoms with E-state index >= 15 is 0 Å². The van der Waals surface area contributed by atoms with Crippen LogP contribution >= 0.6 is 11.6 Å². The number of amides is 1. The van der Waals surface area contributed by atoms with Gasteiger partial charge in [0.1, 0.15) is 5.82 Å². The molecule has 0 aliphatic heterocycles. The molecular formula is C25H19ClN3O. The Kier molecular flexibility index (Phi) is 5.89. The molecule has 30 heavy (non-hydrogen) atoms. The smallest absolute Gasteiger partial charge is 0.257 e. The van der Waals surface area contributed by atoms with Gasteiger partial charge in [-0.2, -0.15) is 0 Å². The van der Waals surface area contributed by atoms with Gasteiger partial charge in [0, 0.05) is 18.3 Å². The summed E-state index contributed by atoms with van der Waals surface area (Å²) in [6.45, 7) is 0.493. The van der Waals surface area contributed by atoms with Crippen LogP contribution in [-0.2, 0) is 6.54 Å². The van der Waals surface area contributed by atoms with E-state index in [0.29, 0.717) is 22.9 Å². The lowest BCUT2D eigenvalue weighted by Crippen LogP contribution is -2.13. The number of aromatic nitrogens is 1. The van der Waals surface area contributed by atoms with Crippen molar-refractivity contribution in [1.82, 2.24) is 4.98 Å². The molecule has 1 amide bonds. The van der Waals surface area contributed by atoms with Crippen LogP contribution in [-0.4, -0.2) is 10.9 Å². The molecule has 4 aromatic rings. The van der Waals surface area contributed by atoms with Gasteiger partial charge in [0.05, 0.1) is 5.02 Å². The summed E-state index contributed by atoms with van der Waals surface area (Å²) in [6.07, 6.45) is 1.49. The van der Waals surface area contributed by atoms with Crippen LogP contribution in [0.2, 0.25) is 5.02 Å². The third kappa shape index (κ3) is 4.40. The Morgan fingerprint density at radius 3 is 2.47 bits per heavy atom. The molecule has 0 saturated heterocycles. The number of hydrogen-bond donors (Lipinski definition) is 2. The van der Waals surface area contributed by atoms with Crippen LogP contribution in [0.4, 0.5) is 5.82 Å². The number of nitrogens with one attached hydrogen (secondary N) is 1. The highest BCUT2D eigenvalue weighted by molar-refractivity contribution is 6.30. The van der Waals surface area contributed by atoms with Crippen LogP contribution in [0, 0.1) is 6.07 Å². The summed E-state index contributed by atoms with van der Waals surface area (Å²) in [6, 6.07) is 28.1. The molecular weight excluding hydrogens is 394 g/mol. The third-order valence-corrected chi connectivity index (χ3v) is 5.01. The van der Waals surface area contributed by atoms with Gasteiger partial charge in [-0.15, -0.1) is 0 Å². The minimum absolute atomic E-state index is 0.278. The highest BCUT2D eigenvalue weighted by atomic mass is 35.5. The molecule has 0 atom stereocenters. The van der Waals surface area contributed by atoms with Crippen LogP contribution in [0.1, 0.15) is 15.9 Å². The maximum Gasteiger partial charge on any atom is 0.257 e. The number of nitrogens with zero attached hydrogens (tertiary/aromatic N) is 1. The van der Waals surface area contributed by atoms with Crippen LogP contribution in [0.15, 0.2) is 85.1 Å². The van der Waals surface area contributed by atoms with Crippen molar-refractivity contribution in [3.8, 4) is 22.3 Å². The first-order valence-electron chi connectivity index (χ1n) is 9.47. The summed E-state index contributed by atoms with van der Waals surface area (Å²) in [5.41, 5.74) is 11.6. The summed E-state index contributed by atoms with van der Waals surface area (Å²) in [5, 5.41) is 3.27. The van der Waals surface area contributed by atoms with Gasteiger partial charge in [0.25, 0.3) is 5.91 Å². The molecule has 4 nitrogen and oxygen atoms in total. The van der Waals surface area contributed by atoms with E-state index in [0.717, 1.165) is 27.8 Å². The van der Waals surface area contributed by atoms with Crippen molar-refractivity contribution in [2.75, 3.05) is 5.32 Å². The Morgan fingerprint density at radius 2 is 1.73 bits per heavy atom. The summed E-state index contributed by atoms with van der Waals surface area (Å²) < 4.78 is 0. The van der Waals surface area contributed by atoms with E-state index in [1.165, 1.54) is 6.20 Å². The SMILES string of the molecule is NCc1ccccc1-c1ccc(-c2cc[c]c(C(=O)Nc3ccc(Cl)cn3)c2)cc1. The van der Waals surface area contributed by atoms with Gasteiger partial charge in [-0.1, -0.05) is 72.3 Å². The molecule has 5 heteroatoms. The van der Waals surface area contributed by atoms with Crippen molar-refractivity contribution in [2.45, 2.75) is 6.54 Å². The van der Waals surface area contributed by atoms with Gasteiger partial charge in [0.15, 0.2) is 0 Å². The van der Waals surface area contributed by atoms with Crippen molar-refractivity contribution < 1.29 is 4.79 Å². The molecule has 147 valence electrons. The minimum atomic E-state index is -0.278. The lowest BCUT2D eigenvalue weighted by molar-refractivity contribution is 0.102. The summed E-state index contributed by atoms with van der Waals surface area (Å²) in [4.78, 5) is 16.7. The number of carbonyl (C=O) groups excluding carboxylic acids is 1. The molecule has 1 radical (unpaired) electrons. The standard InChI is InChI=1S/C25H19ClN3O/c26-22-12-13-24(28-16-22)29-25(30)20-6-3-5-19(14-20)17-8-10-18(11-9-17)23-7-2-1-4-21(23)15-27/h1-5,7-14,16H,15,27H2,(H,28,29,30). The predicted molar refractivity (Wildman–Crippen MR) is 121 cm³/mol. The zero-order chi connectivity index (χ0) is 20.9. The molecule has 1 aromatic heterocycles. The number of anilines is 1. The Labute approximate surface area is 180 Å². The van der Waals surface area contributed by atoms with E-state index in [1.54, 1.807) is 18.2 Å². The van der Waals surface area contributed by atoms with Crippen molar-refractivity contribution in [1.29, 1.82) is 0 Å². The van der Waals surface area contributed by atoms with Crippen molar-refractivity contribution in [3.63, 3.8) is 0 Å². The molecule has 3 N–H and O–H groups in total. The lowest BCUT2D eigenvalue weighted by atomic mass is 9.96. The monoisotopic (exact) mass is 412 g/mol. The Bertz CT molecular complexity index is 1170. The first-order valence-corrected chi connectivity index (χ1v) is 9.85. The minimum Gasteiger partial charge on any atom is -0.326 e. The predicted octanol–water partition coefficient (Wildman–Crippen LogP) is 5.58. The molecule has 1 heterocycles. The van der Waals surface area contributed by atoms with Gasteiger partial charge in [-0.3, -0.25) is 4.79 Å². The molecule has 0 spiro atoms. The number of nitrogens with two attached hydrogens (primary N) is 1. The van der Waals surface area contributed by atoms with Crippen molar-refractivity contribution in [2.24, 2.45) is 5.73 Å². The van der Waals surface area contributed by atoms with Crippen LogP contribution in [0.3, 0.4) is 0 Å². The Balaban J connectivity index is 1.56. The highest BCUT2D eigenvalue weighted by Crippen LogP contribution is 2.27. The first-order chi connectivity index (χ1) is 14.6. The van der Waals surface area contributed by atoms with Gasteiger partial charge >= 0.3 is 0 Å². The number of halogens is 1. The third-order valence-electron chi connectivity index (χ3n) is 4.78. The molecule has 4 rings (SSSR count). The Morgan fingerprint density at radius 1 is 0.967 bits per heavy atom.